The molecule has 0 unspecified atom stereocenters. The van der Waals surface area contributed by atoms with Gasteiger partial charge in [-0.1, -0.05) is 6.07 Å². The van der Waals surface area contributed by atoms with E-state index in [1.54, 1.807) is 19.1 Å². The first kappa shape index (κ1) is 17.0. The lowest BCUT2D eigenvalue weighted by Crippen LogP contribution is -2.31. The van der Waals surface area contributed by atoms with Crippen LogP contribution < -0.4 is 10.1 Å². The van der Waals surface area contributed by atoms with Gasteiger partial charge in [-0.15, -0.1) is 0 Å². The molecular formula is C15H22N2O4. The predicted octanol–water partition coefficient (Wildman–Crippen LogP) is 1.74. The van der Waals surface area contributed by atoms with Gasteiger partial charge in [0.2, 0.25) is 5.91 Å². The molecular weight excluding hydrogens is 272 g/mol. The molecule has 0 aliphatic heterocycles. The Morgan fingerprint density at radius 3 is 2.71 bits per heavy atom. The number of benzene rings is 1. The highest BCUT2D eigenvalue weighted by Crippen LogP contribution is 2.24. The first-order chi connectivity index (χ1) is 9.92. The Morgan fingerprint density at radius 1 is 1.38 bits per heavy atom. The molecule has 0 aliphatic rings. The van der Waals surface area contributed by atoms with Gasteiger partial charge in [-0.2, -0.15) is 0 Å². The van der Waals surface area contributed by atoms with Crippen LogP contribution in [0.25, 0.3) is 0 Å². The minimum Gasteiger partial charge on any atom is -0.495 e. The van der Waals surface area contributed by atoms with Crippen LogP contribution in [-0.2, 0) is 9.59 Å². The molecule has 6 heteroatoms. The fourth-order valence-electron chi connectivity index (χ4n) is 1.93. The summed E-state index contributed by atoms with van der Waals surface area (Å²) in [6.45, 7) is 2.70. The van der Waals surface area contributed by atoms with E-state index < -0.39 is 5.97 Å². The van der Waals surface area contributed by atoms with Crippen molar-refractivity contribution in [2.24, 2.45) is 0 Å². The summed E-state index contributed by atoms with van der Waals surface area (Å²) in [5, 5.41) is 11.4. The third kappa shape index (κ3) is 6.27. The molecule has 2 N–H and O–H groups in total. The van der Waals surface area contributed by atoms with E-state index in [9.17, 15) is 9.59 Å². The van der Waals surface area contributed by atoms with Crippen LogP contribution >= 0.6 is 0 Å². The second kappa shape index (κ2) is 8.26. The quantitative estimate of drug-likeness (QED) is 0.763. The van der Waals surface area contributed by atoms with Crippen molar-refractivity contribution >= 4 is 17.6 Å². The molecule has 0 bridgehead atoms. The van der Waals surface area contributed by atoms with Crippen LogP contribution in [-0.4, -0.2) is 49.1 Å². The lowest BCUT2D eigenvalue weighted by atomic mass is 10.2. The standard InChI is InChI=1S/C15H22N2O4/c1-11-6-7-13(21-3)12(9-11)16-14(18)10-17(2)8-4-5-15(19)20/h6-7,9H,4-5,8,10H2,1-3H3,(H,16,18)(H,19,20). The second-order valence-corrected chi connectivity index (χ2v) is 4.99. The van der Waals surface area contributed by atoms with Crippen LogP contribution in [0.5, 0.6) is 5.75 Å². The molecule has 0 atom stereocenters. The van der Waals surface area contributed by atoms with E-state index in [1.165, 1.54) is 0 Å². The van der Waals surface area contributed by atoms with Crippen molar-refractivity contribution in [3.8, 4) is 5.75 Å². The third-order valence-electron chi connectivity index (χ3n) is 2.97. The van der Waals surface area contributed by atoms with E-state index in [4.69, 9.17) is 9.84 Å². The Labute approximate surface area is 124 Å². The number of nitrogens with one attached hydrogen (secondary N) is 1. The number of aliphatic carboxylic acids is 1. The van der Waals surface area contributed by atoms with Gasteiger partial charge >= 0.3 is 5.97 Å². The van der Waals surface area contributed by atoms with Gasteiger partial charge in [0.25, 0.3) is 0 Å². The number of carbonyl (C=O) groups excluding carboxylic acids is 1. The average molecular weight is 294 g/mol. The van der Waals surface area contributed by atoms with Gasteiger partial charge in [0.05, 0.1) is 19.3 Å². The summed E-state index contributed by atoms with van der Waals surface area (Å²) in [5.74, 6) is -0.364. The fourth-order valence-corrected chi connectivity index (χ4v) is 1.93. The molecule has 0 fully saturated rings. The average Bonchev–Trinajstić information content (AvgIpc) is 2.38. The number of likely N-dealkylation sites (N-methyl/N-ethyl adjacent to an activating group) is 1. The van der Waals surface area contributed by atoms with Crippen molar-refractivity contribution in [1.82, 2.24) is 4.90 Å². The highest BCUT2D eigenvalue weighted by Gasteiger charge is 2.10. The molecule has 0 saturated heterocycles. The maximum absolute atomic E-state index is 12.0. The van der Waals surface area contributed by atoms with Crippen molar-refractivity contribution in [2.45, 2.75) is 19.8 Å². The first-order valence-corrected chi connectivity index (χ1v) is 6.77. The van der Waals surface area contributed by atoms with Gasteiger partial charge in [0, 0.05) is 6.42 Å². The van der Waals surface area contributed by atoms with Gasteiger partial charge in [-0.3, -0.25) is 14.5 Å². The molecule has 0 heterocycles. The number of anilines is 1. The summed E-state index contributed by atoms with van der Waals surface area (Å²) in [6.07, 6.45) is 0.630. The van der Waals surface area contributed by atoms with E-state index in [2.05, 4.69) is 5.32 Å². The molecule has 116 valence electrons. The van der Waals surface area contributed by atoms with Gasteiger partial charge in [-0.05, 0) is 44.6 Å². The van der Waals surface area contributed by atoms with Crippen LogP contribution in [0.2, 0.25) is 0 Å². The number of rotatable bonds is 8. The minimum atomic E-state index is -0.822. The lowest BCUT2D eigenvalue weighted by Gasteiger charge is -2.16. The highest BCUT2D eigenvalue weighted by molar-refractivity contribution is 5.93. The maximum Gasteiger partial charge on any atom is 0.303 e. The largest absolute Gasteiger partial charge is 0.495 e. The molecule has 1 rings (SSSR count). The van der Waals surface area contributed by atoms with Crippen LogP contribution in [0, 0.1) is 6.92 Å². The fraction of sp³-hybridized carbons (Fsp3) is 0.467. The predicted molar refractivity (Wildman–Crippen MR) is 80.7 cm³/mol. The third-order valence-corrected chi connectivity index (χ3v) is 2.97. The van der Waals surface area contributed by atoms with E-state index in [0.717, 1.165) is 5.56 Å². The first-order valence-electron chi connectivity index (χ1n) is 6.77. The summed E-state index contributed by atoms with van der Waals surface area (Å²) in [7, 11) is 3.34. The number of hydrogen-bond acceptors (Lipinski definition) is 4. The Bertz CT molecular complexity index is 502. The molecule has 1 aromatic rings. The number of carbonyl (C=O) groups is 2. The van der Waals surface area contributed by atoms with E-state index in [0.29, 0.717) is 24.4 Å². The van der Waals surface area contributed by atoms with Gasteiger partial charge in [0.15, 0.2) is 0 Å². The zero-order valence-electron chi connectivity index (χ0n) is 12.7. The maximum atomic E-state index is 12.0. The molecule has 0 saturated carbocycles. The Morgan fingerprint density at radius 2 is 2.10 bits per heavy atom. The summed E-state index contributed by atoms with van der Waals surface area (Å²) in [4.78, 5) is 24.2. The van der Waals surface area contributed by atoms with Crippen molar-refractivity contribution in [3.05, 3.63) is 23.8 Å². The summed E-state index contributed by atoms with van der Waals surface area (Å²) in [6, 6.07) is 5.56. The minimum absolute atomic E-state index is 0.109. The van der Waals surface area contributed by atoms with E-state index >= 15 is 0 Å². The van der Waals surface area contributed by atoms with Crippen molar-refractivity contribution < 1.29 is 19.4 Å². The van der Waals surface area contributed by atoms with Gasteiger partial charge in [0.1, 0.15) is 5.75 Å². The second-order valence-electron chi connectivity index (χ2n) is 4.99. The zero-order valence-corrected chi connectivity index (χ0v) is 12.7. The van der Waals surface area contributed by atoms with Crippen LogP contribution in [0.4, 0.5) is 5.69 Å². The lowest BCUT2D eigenvalue weighted by molar-refractivity contribution is -0.137. The van der Waals surface area contributed by atoms with Crippen LogP contribution in [0.15, 0.2) is 18.2 Å². The normalized spacial score (nSPS) is 10.5. The molecule has 0 aliphatic carbocycles. The van der Waals surface area contributed by atoms with E-state index in [-0.39, 0.29) is 18.9 Å². The molecule has 1 amide bonds. The van der Waals surface area contributed by atoms with Crippen molar-refractivity contribution in [1.29, 1.82) is 0 Å². The van der Waals surface area contributed by atoms with Crippen LogP contribution in [0.1, 0.15) is 18.4 Å². The number of aryl methyl sites for hydroxylation is 1. The SMILES string of the molecule is COc1ccc(C)cc1NC(=O)CN(C)CCCC(=O)O. The number of carboxylic acid groups (broad SMARTS) is 1. The number of nitrogens with zero attached hydrogens (tertiary/aromatic N) is 1. The van der Waals surface area contributed by atoms with Gasteiger partial charge < -0.3 is 15.2 Å². The van der Waals surface area contributed by atoms with Crippen LogP contribution in [0.3, 0.4) is 0 Å². The zero-order chi connectivity index (χ0) is 15.8. The Kier molecular flexibility index (Phi) is 6.68. The number of amides is 1. The van der Waals surface area contributed by atoms with Crippen molar-refractivity contribution in [2.75, 3.05) is 32.6 Å². The molecule has 1 aromatic carbocycles. The highest BCUT2D eigenvalue weighted by atomic mass is 16.5. The smallest absolute Gasteiger partial charge is 0.303 e. The topological polar surface area (TPSA) is 78.9 Å². The number of methoxy groups -OCH3 is 1. The van der Waals surface area contributed by atoms with Crippen molar-refractivity contribution in [3.63, 3.8) is 0 Å². The molecule has 0 aromatic heterocycles. The number of hydrogen-bond donors (Lipinski definition) is 2. The Hall–Kier alpha value is -2.08. The molecule has 6 nitrogen and oxygen atoms in total. The Balaban J connectivity index is 2.49. The monoisotopic (exact) mass is 294 g/mol. The van der Waals surface area contributed by atoms with E-state index in [1.807, 2.05) is 25.1 Å². The summed E-state index contributed by atoms with van der Waals surface area (Å²) >= 11 is 0. The molecule has 0 radical (unpaired) electrons. The number of carboxylic acids is 1. The summed E-state index contributed by atoms with van der Waals surface area (Å²) < 4.78 is 5.20. The molecule has 21 heavy (non-hydrogen) atoms. The molecule has 0 spiro atoms. The summed E-state index contributed by atoms with van der Waals surface area (Å²) in [5.41, 5.74) is 1.67. The van der Waals surface area contributed by atoms with Gasteiger partial charge in [-0.25, -0.2) is 0 Å². The number of ether oxygens (including phenoxy) is 1.